The number of carbonyl (C=O) groups excluding carboxylic acids is 3. The average Bonchev–Trinajstić information content (AvgIpc) is 3.36. The summed E-state index contributed by atoms with van der Waals surface area (Å²) in [6, 6.07) is 3.33. The van der Waals surface area contributed by atoms with Crippen LogP contribution in [0.2, 0.25) is 0 Å². The predicted molar refractivity (Wildman–Crippen MR) is 166 cm³/mol. The zero-order valence-electron chi connectivity index (χ0n) is 26.9. The summed E-state index contributed by atoms with van der Waals surface area (Å²) in [7, 11) is 0. The Morgan fingerprint density at radius 3 is 1.52 bits per heavy atom. The molecule has 0 N–H and O–H groups in total. The van der Waals surface area contributed by atoms with Gasteiger partial charge in [-0.15, -0.1) is 0 Å². The van der Waals surface area contributed by atoms with Crippen molar-refractivity contribution in [3.05, 3.63) is 35.2 Å². The molecule has 0 aliphatic carbocycles. The third-order valence-electron chi connectivity index (χ3n) is 8.29. The van der Waals surface area contributed by atoms with E-state index in [1.165, 1.54) is 10.7 Å². The van der Waals surface area contributed by atoms with Crippen molar-refractivity contribution in [1.29, 1.82) is 0 Å². The van der Waals surface area contributed by atoms with Crippen molar-refractivity contribution in [3.8, 4) is 0 Å². The third kappa shape index (κ3) is 10.1. The van der Waals surface area contributed by atoms with Gasteiger partial charge in [0.2, 0.25) is 0 Å². The molecule has 2 rings (SSSR count). The second-order valence-electron chi connectivity index (χ2n) is 11.5. The van der Waals surface area contributed by atoms with Crippen LogP contribution in [0, 0.1) is 17.8 Å². The van der Waals surface area contributed by atoms with Crippen molar-refractivity contribution in [1.82, 2.24) is 9.61 Å². The van der Waals surface area contributed by atoms with E-state index in [4.69, 9.17) is 14.2 Å². The smallest absolute Gasteiger partial charge is 0.357 e. The molecule has 3 atom stereocenters. The Morgan fingerprint density at radius 2 is 1.10 bits per heavy atom. The van der Waals surface area contributed by atoms with Crippen molar-refractivity contribution < 1.29 is 28.6 Å². The van der Waals surface area contributed by atoms with Gasteiger partial charge in [-0.1, -0.05) is 99.3 Å². The summed E-state index contributed by atoms with van der Waals surface area (Å²) < 4.78 is 18.7. The average molecular weight is 587 g/mol. The normalized spacial score (nSPS) is 13.5. The Labute approximate surface area is 252 Å². The number of nitrogens with zero attached hydrogens (tertiary/aromatic N) is 2. The Hall–Kier alpha value is -2.90. The molecular weight excluding hydrogens is 532 g/mol. The van der Waals surface area contributed by atoms with Crippen LogP contribution in [0.1, 0.15) is 150 Å². The monoisotopic (exact) mass is 586 g/mol. The number of esters is 3. The van der Waals surface area contributed by atoms with Gasteiger partial charge in [-0.3, -0.25) is 0 Å². The Morgan fingerprint density at radius 1 is 0.667 bits per heavy atom. The SMILES string of the molecule is CCCCC(CC)COC(=O)c1c(C(=O)OCC(CC)CCCC)c2cccnn2c1C(=O)OCC(CC)CCCC. The largest absolute Gasteiger partial charge is 0.462 e. The molecule has 8 nitrogen and oxygen atoms in total. The van der Waals surface area contributed by atoms with E-state index in [-0.39, 0.29) is 54.4 Å². The number of hydrogen-bond acceptors (Lipinski definition) is 7. The predicted octanol–water partition coefficient (Wildman–Crippen LogP) is 8.45. The van der Waals surface area contributed by atoms with Crippen LogP contribution in [0.25, 0.3) is 5.52 Å². The second kappa shape index (κ2) is 19.3. The number of rotatable bonds is 21. The minimum Gasteiger partial charge on any atom is -0.462 e. The number of fused-ring (bicyclic) bond motifs is 1. The van der Waals surface area contributed by atoms with Crippen LogP contribution in [-0.2, 0) is 14.2 Å². The highest BCUT2D eigenvalue weighted by Crippen LogP contribution is 2.28. The minimum absolute atomic E-state index is 0.00465. The maximum Gasteiger partial charge on any atom is 0.357 e. The van der Waals surface area contributed by atoms with E-state index in [2.05, 4.69) is 46.6 Å². The summed E-state index contributed by atoms with van der Waals surface area (Å²) >= 11 is 0. The van der Waals surface area contributed by atoms with Gasteiger partial charge in [0.15, 0.2) is 5.69 Å². The molecule has 0 saturated heterocycles. The lowest BCUT2D eigenvalue weighted by Crippen LogP contribution is -2.22. The van der Waals surface area contributed by atoms with Gasteiger partial charge >= 0.3 is 17.9 Å². The van der Waals surface area contributed by atoms with Crippen molar-refractivity contribution in [2.75, 3.05) is 19.8 Å². The fourth-order valence-electron chi connectivity index (χ4n) is 5.17. The molecule has 0 amide bonds. The summed E-state index contributed by atoms with van der Waals surface area (Å²) in [5.74, 6) is -1.46. The Kier molecular flexibility index (Phi) is 16.2. The van der Waals surface area contributed by atoms with E-state index in [0.717, 1.165) is 77.0 Å². The third-order valence-corrected chi connectivity index (χ3v) is 8.29. The highest BCUT2D eigenvalue weighted by Gasteiger charge is 2.35. The first-order valence-corrected chi connectivity index (χ1v) is 16.4. The summed E-state index contributed by atoms with van der Waals surface area (Å²) in [6.07, 6.45) is 13.3. The summed E-state index contributed by atoms with van der Waals surface area (Å²) in [4.78, 5) is 41.0. The zero-order chi connectivity index (χ0) is 30.9. The summed E-state index contributed by atoms with van der Waals surface area (Å²) in [5.41, 5.74) is 0.105. The van der Waals surface area contributed by atoms with Crippen molar-refractivity contribution >= 4 is 23.4 Å². The molecule has 8 heteroatoms. The lowest BCUT2D eigenvalue weighted by molar-refractivity contribution is 0.0361. The van der Waals surface area contributed by atoms with E-state index in [9.17, 15) is 14.4 Å². The molecule has 42 heavy (non-hydrogen) atoms. The fourth-order valence-corrected chi connectivity index (χ4v) is 5.17. The second-order valence-corrected chi connectivity index (χ2v) is 11.5. The van der Waals surface area contributed by atoms with E-state index >= 15 is 0 Å². The van der Waals surface area contributed by atoms with Gasteiger partial charge in [0.05, 0.1) is 25.3 Å². The lowest BCUT2D eigenvalue weighted by atomic mass is 10.0. The van der Waals surface area contributed by atoms with Gasteiger partial charge in [0.1, 0.15) is 11.1 Å². The molecular formula is C34H54N2O6. The Bertz CT molecular complexity index is 1040. The quantitative estimate of drug-likeness (QED) is 0.107. The van der Waals surface area contributed by atoms with Gasteiger partial charge in [-0.05, 0) is 49.1 Å². The standard InChI is InChI=1S/C34H54N2O6/c1-7-13-17-25(10-4)22-40-32(37)29-28-20-16-21-35-36(28)31(34(39)42-24-27(12-6)19-15-9-3)30(29)33(38)41-23-26(11-5)18-14-8-2/h16,20-21,25-27H,7-15,17-19,22-24H2,1-6H3. The topological polar surface area (TPSA) is 96.2 Å². The maximum absolute atomic E-state index is 13.8. The highest BCUT2D eigenvalue weighted by atomic mass is 16.5. The van der Waals surface area contributed by atoms with Crippen molar-refractivity contribution in [3.63, 3.8) is 0 Å². The number of aromatic nitrogens is 2. The van der Waals surface area contributed by atoms with Crippen LogP contribution in [0.3, 0.4) is 0 Å². The molecule has 0 aliphatic rings. The molecule has 0 aliphatic heterocycles. The molecule has 0 fully saturated rings. The molecule has 2 aromatic heterocycles. The molecule has 0 saturated carbocycles. The Balaban J connectivity index is 2.49. The molecule has 236 valence electrons. The van der Waals surface area contributed by atoms with Crippen molar-refractivity contribution in [2.45, 2.75) is 119 Å². The van der Waals surface area contributed by atoms with E-state index in [0.29, 0.717) is 5.52 Å². The number of ether oxygens (including phenoxy) is 3. The molecule has 0 bridgehead atoms. The van der Waals surface area contributed by atoms with Gasteiger partial charge in [-0.25, -0.2) is 18.9 Å². The van der Waals surface area contributed by atoms with E-state index in [1.54, 1.807) is 12.1 Å². The van der Waals surface area contributed by atoms with E-state index in [1.807, 2.05) is 0 Å². The minimum atomic E-state index is -0.731. The van der Waals surface area contributed by atoms with Gasteiger partial charge < -0.3 is 14.2 Å². The first kappa shape index (κ1) is 35.3. The number of carbonyl (C=O) groups is 3. The first-order chi connectivity index (χ1) is 20.4. The number of hydrogen-bond donors (Lipinski definition) is 0. The molecule has 2 aromatic rings. The molecule has 0 radical (unpaired) electrons. The molecule has 2 heterocycles. The summed E-state index contributed by atoms with van der Waals surface area (Å²) in [5, 5.41) is 4.35. The summed E-state index contributed by atoms with van der Waals surface area (Å²) in [6.45, 7) is 13.3. The molecule has 0 aromatic carbocycles. The first-order valence-electron chi connectivity index (χ1n) is 16.4. The van der Waals surface area contributed by atoms with Crippen LogP contribution < -0.4 is 0 Å². The van der Waals surface area contributed by atoms with Gasteiger partial charge in [0, 0.05) is 6.20 Å². The maximum atomic E-state index is 13.8. The molecule has 3 unspecified atom stereocenters. The van der Waals surface area contributed by atoms with Crippen LogP contribution in [0.4, 0.5) is 0 Å². The highest BCUT2D eigenvalue weighted by molar-refractivity contribution is 6.14. The fraction of sp³-hybridized carbons (Fsp3) is 0.706. The van der Waals surface area contributed by atoms with Crippen LogP contribution >= 0.6 is 0 Å². The molecule has 0 spiro atoms. The zero-order valence-corrected chi connectivity index (χ0v) is 26.9. The van der Waals surface area contributed by atoms with Gasteiger partial charge in [-0.2, -0.15) is 5.10 Å². The van der Waals surface area contributed by atoms with Crippen LogP contribution in [-0.4, -0.2) is 47.3 Å². The van der Waals surface area contributed by atoms with Crippen molar-refractivity contribution in [2.24, 2.45) is 17.8 Å². The van der Waals surface area contributed by atoms with Gasteiger partial charge in [0.25, 0.3) is 0 Å². The lowest BCUT2D eigenvalue weighted by Gasteiger charge is -2.17. The van der Waals surface area contributed by atoms with Crippen LogP contribution in [0.5, 0.6) is 0 Å². The van der Waals surface area contributed by atoms with E-state index < -0.39 is 17.9 Å². The van der Waals surface area contributed by atoms with Crippen LogP contribution in [0.15, 0.2) is 18.3 Å². The number of unbranched alkanes of at least 4 members (excludes halogenated alkanes) is 3.